The lowest BCUT2D eigenvalue weighted by molar-refractivity contribution is -0.119. The summed E-state index contributed by atoms with van der Waals surface area (Å²) in [5, 5.41) is 4.19. The molecule has 0 atom stereocenters. The Bertz CT molecular complexity index is 1060. The Hall–Kier alpha value is -3.53. The molecule has 2 aromatic heterocycles. The van der Waals surface area contributed by atoms with E-state index in [1.54, 1.807) is 24.4 Å². The molecule has 3 aromatic rings. The van der Waals surface area contributed by atoms with Crippen LogP contribution in [0, 0.1) is 11.6 Å². The van der Waals surface area contributed by atoms with Gasteiger partial charge in [0.25, 0.3) is 5.91 Å². The van der Waals surface area contributed by atoms with E-state index in [9.17, 15) is 23.2 Å². The minimum Gasteiger partial charge on any atom is -0.464 e. The Labute approximate surface area is 173 Å². The summed E-state index contributed by atoms with van der Waals surface area (Å²) in [6.07, 6.45) is 1.43. The van der Waals surface area contributed by atoms with Crippen LogP contribution in [0.15, 0.2) is 46.4 Å². The summed E-state index contributed by atoms with van der Waals surface area (Å²) in [6.45, 7) is 0.935. The van der Waals surface area contributed by atoms with Gasteiger partial charge >= 0.3 is 11.9 Å². The average molecular weight is 435 g/mol. The first-order valence-corrected chi connectivity index (χ1v) is 9.53. The molecular weight excluding hydrogens is 420 g/mol. The number of nitrogens with one attached hydrogen (secondary N) is 1. The largest absolute Gasteiger partial charge is 0.464 e. The molecule has 0 bridgehead atoms. The van der Waals surface area contributed by atoms with Crippen LogP contribution in [0.5, 0.6) is 0 Å². The van der Waals surface area contributed by atoms with E-state index in [0.29, 0.717) is 11.3 Å². The third-order valence-corrected chi connectivity index (χ3v) is 4.71. The molecule has 1 aromatic carbocycles. The van der Waals surface area contributed by atoms with Crippen molar-refractivity contribution in [1.82, 2.24) is 0 Å². The number of hydrogen-bond donors (Lipinski definition) is 1. The van der Waals surface area contributed by atoms with E-state index < -0.39 is 41.7 Å². The van der Waals surface area contributed by atoms with Crippen LogP contribution in [-0.2, 0) is 14.3 Å². The summed E-state index contributed by atoms with van der Waals surface area (Å²) in [5.74, 6) is -4.62. The SMILES string of the molecule is CCOC(=O)c1c(-c2ccco2)csc1NC(=O)COC(=O)c1c(F)cccc1F. The maximum absolute atomic E-state index is 13.6. The highest BCUT2D eigenvalue weighted by Gasteiger charge is 2.25. The maximum Gasteiger partial charge on any atom is 0.344 e. The van der Waals surface area contributed by atoms with Crippen LogP contribution < -0.4 is 5.32 Å². The summed E-state index contributed by atoms with van der Waals surface area (Å²) in [5.41, 5.74) is -0.394. The first-order chi connectivity index (χ1) is 14.4. The molecule has 1 N–H and O–H groups in total. The molecule has 0 fully saturated rings. The van der Waals surface area contributed by atoms with Gasteiger partial charge in [-0.1, -0.05) is 6.07 Å². The van der Waals surface area contributed by atoms with Crippen LogP contribution in [-0.4, -0.2) is 31.1 Å². The van der Waals surface area contributed by atoms with Crippen LogP contribution in [0.3, 0.4) is 0 Å². The summed E-state index contributed by atoms with van der Waals surface area (Å²) >= 11 is 1.04. The molecule has 0 aliphatic rings. The third kappa shape index (κ3) is 4.54. The first-order valence-electron chi connectivity index (χ1n) is 8.65. The lowest BCUT2D eigenvalue weighted by Gasteiger charge is -2.09. The van der Waals surface area contributed by atoms with Crippen LogP contribution in [0.2, 0.25) is 0 Å². The van der Waals surface area contributed by atoms with Gasteiger partial charge in [-0.15, -0.1) is 11.3 Å². The van der Waals surface area contributed by atoms with E-state index in [4.69, 9.17) is 9.15 Å². The lowest BCUT2D eigenvalue weighted by atomic mass is 10.1. The Balaban J connectivity index is 1.74. The van der Waals surface area contributed by atoms with Gasteiger partial charge < -0.3 is 19.2 Å². The molecule has 0 saturated heterocycles. The van der Waals surface area contributed by atoms with Crippen molar-refractivity contribution in [1.29, 1.82) is 0 Å². The fourth-order valence-electron chi connectivity index (χ4n) is 2.53. The molecule has 0 radical (unpaired) electrons. The van der Waals surface area contributed by atoms with Gasteiger partial charge in [0.1, 0.15) is 33.5 Å². The molecule has 1 amide bonds. The van der Waals surface area contributed by atoms with Crippen molar-refractivity contribution in [3.05, 3.63) is 64.7 Å². The van der Waals surface area contributed by atoms with Crippen LogP contribution >= 0.6 is 11.3 Å². The van der Waals surface area contributed by atoms with Gasteiger partial charge in [-0.05, 0) is 31.2 Å². The molecule has 10 heteroatoms. The summed E-state index contributed by atoms with van der Waals surface area (Å²) in [6, 6.07) is 6.17. The second kappa shape index (κ2) is 9.31. The number of anilines is 1. The lowest BCUT2D eigenvalue weighted by Crippen LogP contribution is -2.22. The second-order valence-electron chi connectivity index (χ2n) is 5.77. The predicted molar refractivity (Wildman–Crippen MR) is 103 cm³/mol. The van der Waals surface area contributed by atoms with Crippen molar-refractivity contribution >= 4 is 34.2 Å². The highest BCUT2D eigenvalue weighted by Crippen LogP contribution is 2.36. The molecule has 7 nitrogen and oxygen atoms in total. The Morgan fingerprint density at radius 3 is 2.37 bits per heavy atom. The Morgan fingerprint density at radius 1 is 1.03 bits per heavy atom. The number of rotatable bonds is 7. The molecule has 156 valence electrons. The van der Waals surface area contributed by atoms with Gasteiger partial charge in [-0.25, -0.2) is 18.4 Å². The van der Waals surface area contributed by atoms with Gasteiger partial charge in [0.15, 0.2) is 6.61 Å². The number of ether oxygens (including phenoxy) is 2. The zero-order valence-electron chi connectivity index (χ0n) is 15.6. The zero-order valence-corrected chi connectivity index (χ0v) is 16.4. The van der Waals surface area contributed by atoms with E-state index in [1.165, 1.54) is 6.26 Å². The molecule has 2 heterocycles. The predicted octanol–water partition coefficient (Wildman–Crippen LogP) is 4.26. The maximum atomic E-state index is 13.6. The number of amides is 1. The minimum absolute atomic E-state index is 0.0802. The van der Waals surface area contributed by atoms with Crippen LogP contribution in [0.4, 0.5) is 13.8 Å². The molecule has 0 aliphatic carbocycles. The molecule has 0 unspecified atom stereocenters. The molecule has 0 saturated carbocycles. The standard InChI is InChI=1S/C20H15F2NO6S/c1-2-27-19(25)16-11(14-7-4-8-28-14)10-30-18(16)23-15(24)9-29-20(26)17-12(21)5-3-6-13(17)22/h3-8,10H,2,9H2,1H3,(H,23,24). The van der Waals surface area contributed by atoms with E-state index in [1.807, 2.05) is 0 Å². The first kappa shape index (κ1) is 21.2. The van der Waals surface area contributed by atoms with Crippen LogP contribution in [0.1, 0.15) is 27.6 Å². The molecule has 0 spiro atoms. The quantitative estimate of drug-likeness (QED) is 0.558. The number of benzene rings is 1. The highest BCUT2D eigenvalue weighted by atomic mass is 32.1. The normalized spacial score (nSPS) is 10.5. The fraction of sp³-hybridized carbons (Fsp3) is 0.150. The summed E-state index contributed by atoms with van der Waals surface area (Å²) in [4.78, 5) is 36.5. The number of carbonyl (C=O) groups is 3. The topological polar surface area (TPSA) is 94.8 Å². The van der Waals surface area contributed by atoms with E-state index in [0.717, 1.165) is 29.5 Å². The second-order valence-corrected chi connectivity index (χ2v) is 6.65. The van der Waals surface area contributed by atoms with Gasteiger partial charge in [-0.2, -0.15) is 0 Å². The van der Waals surface area contributed by atoms with E-state index >= 15 is 0 Å². The van der Waals surface area contributed by atoms with Crippen molar-refractivity contribution in [2.75, 3.05) is 18.5 Å². The van der Waals surface area contributed by atoms with Gasteiger partial charge in [-0.3, -0.25) is 4.79 Å². The minimum atomic E-state index is -1.33. The number of halogens is 2. The van der Waals surface area contributed by atoms with E-state index in [-0.39, 0.29) is 17.2 Å². The number of hydrogen-bond acceptors (Lipinski definition) is 7. The zero-order chi connectivity index (χ0) is 21.7. The monoisotopic (exact) mass is 435 g/mol. The summed E-state index contributed by atoms with van der Waals surface area (Å²) < 4.78 is 42.3. The fourth-order valence-corrected chi connectivity index (χ4v) is 3.48. The number of esters is 2. The van der Waals surface area contributed by atoms with Gasteiger partial charge in [0, 0.05) is 10.9 Å². The van der Waals surface area contributed by atoms with Crippen molar-refractivity contribution in [2.45, 2.75) is 6.92 Å². The highest BCUT2D eigenvalue weighted by molar-refractivity contribution is 7.15. The van der Waals surface area contributed by atoms with Crippen molar-refractivity contribution < 1.29 is 37.1 Å². The molecule has 30 heavy (non-hydrogen) atoms. The molecular formula is C20H15F2NO6S. The van der Waals surface area contributed by atoms with Crippen molar-refractivity contribution in [2.24, 2.45) is 0 Å². The molecule has 3 rings (SSSR count). The third-order valence-electron chi connectivity index (χ3n) is 3.81. The van der Waals surface area contributed by atoms with Gasteiger partial charge in [0.2, 0.25) is 0 Å². The van der Waals surface area contributed by atoms with Crippen molar-refractivity contribution in [3.8, 4) is 11.3 Å². The number of thiophene rings is 1. The molecule has 0 aliphatic heterocycles. The average Bonchev–Trinajstić information content (AvgIpc) is 3.36. The number of furan rings is 1. The summed E-state index contributed by atoms with van der Waals surface area (Å²) in [7, 11) is 0. The number of carbonyl (C=O) groups excluding carboxylic acids is 3. The Kier molecular flexibility index (Phi) is 6.58. The van der Waals surface area contributed by atoms with Crippen LogP contribution in [0.25, 0.3) is 11.3 Å². The Morgan fingerprint density at radius 2 is 1.73 bits per heavy atom. The van der Waals surface area contributed by atoms with Crippen molar-refractivity contribution in [3.63, 3.8) is 0 Å². The smallest absolute Gasteiger partial charge is 0.344 e. The van der Waals surface area contributed by atoms with Gasteiger partial charge in [0.05, 0.1) is 12.9 Å². The van der Waals surface area contributed by atoms with E-state index in [2.05, 4.69) is 10.1 Å².